The first-order valence-electron chi connectivity index (χ1n) is 9.51. The monoisotopic (exact) mass is 446 g/mol. The van der Waals surface area contributed by atoms with Gasteiger partial charge in [0.15, 0.2) is 9.84 Å². The quantitative estimate of drug-likeness (QED) is 0.624. The summed E-state index contributed by atoms with van der Waals surface area (Å²) < 4.78 is 31.0. The molecule has 10 heteroatoms. The molecule has 1 unspecified atom stereocenters. The highest BCUT2D eigenvalue weighted by molar-refractivity contribution is 7.91. The van der Waals surface area contributed by atoms with Crippen LogP contribution in [0.2, 0.25) is 0 Å². The summed E-state index contributed by atoms with van der Waals surface area (Å²) in [4.78, 5) is 17.2. The zero-order chi connectivity index (χ0) is 21.3. The van der Waals surface area contributed by atoms with Gasteiger partial charge < -0.3 is 10.1 Å². The van der Waals surface area contributed by atoms with Gasteiger partial charge in [-0.3, -0.25) is 4.79 Å². The summed E-state index contributed by atoms with van der Waals surface area (Å²) in [5, 5.41) is 10.2. The number of carbonyl (C=O) groups is 1. The molecule has 1 atom stereocenters. The van der Waals surface area contributed by atoms with Gasteiger partial charge in [0.05, 0.1) is 33.9 Å². The normalized spacial score (nSPS) is 17.7. The Morgan fingerprint density at radius 2 is 2.17 bits per heavy atom. The van der Waals surface area contributed by atoms with Gasteiger partial charge in [0.2, 0.25) is 0 Å². The third kappa shape index (κ3) is 4.71. The van der Waals surface area contributed by atoms with E-state index in [1.807, 2.05) is 19.2 Å². The summed E-state index contributed by atoms with van der Waals surface area (Å²) in [7, 11) is -3.06. The zero-order valence-corrected chi connectivity index (χ0v) is 18.3. The lowest BCUT2D eigenvalue weighted by Crippen LogP contribution is -2.19. The third-order valence-electron chi connectivity index (χ3n) is 4.80. The first-order valence-corrected chi connectivity index (χ1v) is 12.2. The number of ether oxygens (including phenoxy) is 1. The average Bonchev–Trinajstić information content (AvgIpc) is 3.38. The van der Waals surface area contributed by atoms with Crippen molar-refractivity contribution in [3.05, 3.63) is 57.7 Å². The lowest BCUT2D eigenvalue weighted by Gasteiger charge is -2.14. The van der Waals surface area contributed by atoms with E-state index in [0.29, 0.717) is 35.9 Å². The first-order chi connectivity index (χ1) is 14.3. The van der Waals surface area contributed by atoms with E-state index in [0.717, 1.165) is 10.7 Å². The van der Waals surface area contributed by atoms with Gasteiger partial charge in [-0.15, -0.1) is 11.3 Å². The molecule has 0 saturated carbocycles. The molecule has 3 heterocycles. The maximum atomic E-state index is 12.8. The van der Waals surface area contributed by atoms with Crippen LogP contribution in [0, 0.1) is 13.8 Å². The predicted molar refractivity (Wildman–Crippen MR) is 115 cm³/mol. The van der Waals surface area contributed by atoms with Gasteiger partial charge in [0, 0.05) is 17.0 Å². The number of benzene rings is 1. The smallest absolute Gasteiger partial charge is 0.256 e. The maximum absolute atomic E-state index is 12.8. The second kappa shape index (κ2) is 8.19. The Balaban J connectivity index is 1.47. The fourth-order valence-corrected chi connectivity index (χ4v) is 5.69. The van der Waals surface area contributed by atoms with Crippen molar-refractivity contribution in [3.63, 3.8) is 0 Å². The number of hydrogen-bond acceptors (Lipinski definition) is 7. The van der Waals surface area contributed by atoms with Crippen molar-refractivity contribution >= 4 is 32.9 Å². The van der Waals surface area contributed by atoms with Crippen molar-refractivity contribution in [1.29, 1.82) is 0 Å². The van der Waals surface area contributed by atoms with E-state index in [1.54, 1.807) is 46.4 Å². The lowest BCUT2D eigenvalue weighted by atomic mass is 10.2. The number of carbonyl (C=O) groups excluding carboxylic acids is 1. The minimum absolute atomic E-state index is 0.0381. The van der Waals surface area contributed by atoms with Gasteiger partial charge >= 0.3 is 0 Å². The van der Waals surface area contributed by atoms with Crippen LogP contribution >= 0.6 is 11.3 Å². The van der Waals surface area contributed by atoms with E-state index < -0.39 is 9.84 Å². The SMILES string of the molecule is Cc1cc(NC(=O)c2cccc(OCc3csc(C)n3)c2)n(C2CCS(=O)(=O)C2)n1. The van der Waals surface area contributed by atoms with E-state index in [-0.39, 0.29) is 23.5 Å². The fourth-order valence-electron chi connectivity index (χ4n) is 3.40. The molecular formula is C20H22N4O4S2. The third-order valence-corrected chi connectivity index (χ3v) is 7.38. The van der Waals surface area contributed by atoms with E-state index in [4.69, 9.17) is 4.74 Å². The van der Waals surface area contributed by atoms with E-state index >= 15 is 0 Å². The topological polar surface area (TPSA) is 103 Å². The van der Waals surface area contributed by atoms with Crippen LogP contribution in [0.3, 0.4) is 0 Å². The minimum Gasteiger partial charge on any atom is -0.487 e. The number of hydrogen-bond donors (Lipinski definition) is 1. The molecule has 1 saturated heterocycles. The minimum atomic E-state index is -3.06. The Bertz CT molecular complexity index is 1180. The molecule has 1 aromatic carbocycles. The second-order valence-corrected chi connectivity index (χ2v) is 10.6. The van der Waals surface area contributed by atoms with E-state index in [2.05, 4.69) is 15.4 Å². The number of aromatic nitrogens is 3. The molecule has 1 aliphatic rings. The Morgan fingerprint density at radius 3 is 2.87 bits per heavy atom. The number of anilines is 1. The number of thiazole rings is 1. The van der Waals surface area contributed by atoms with Crippen LogP contribution in [0.5, 0.6) is 5.75 Å². The van der Waals surface area contributed by atoms with Crippen molar-refractivity contribution in [2.24, 2.45) is 0 Å². The van der Waals surface area contributed by atoms with Crippen LogP contribution in [0.15, 0.2) is 35.7 Å². The standard InChI is InChI=1S/C20H22N4O4S2/c1-13-8-19(24(23-13)17-6-7-30(26,27)12-17)22-20(25)15-4-3-5-18(9-15)28-10-16-11-29-14(2)21-16/h3-5,8-9,11,17H,6-7,10,12H2,1-2H3,(H,22,25). The number of amides is 1. The molecule has 0 bridgehead atoms. The number of sulfone groups is 1. The lowest BCUT2D eigenvalue weighted by molar-refractivity contribution is 0.102. The van der Waals surface area contributed by atoms with E-state index in [1.165, 1.54) is 0 Å². The highest BCUT2D eigenvalue weighted by Crippen LogP contribution is 2.27. The zero-order valence-electron chi connectivity index (χ0n) is 16.7. The maximum Gasteiger partial charge on any atom is 0.256 e. The summed E-state index contributed by atoms with van der Waals surface area (Å²) in [6.07, 6.45) is 0.492. The van der Waals surface area contributed by atoms with Crippen LogP contribution < -0.4 is 10.1 Å². The first kappa shape index (κ1) is 20.5. The molecule has 1 fully saturated rings. The molecule has 1 N–H and O–H groups in total. The van der Waals surface area contributed by atoms with Crippen LogP contribution in [-0.4, -0.2) is 40.6 Å². The molecule has 3 aromatic rings. The summed E-state index contributed by atoms with van der Waals surface area (Å²) in [6, 6.07) is 8.38. The molecule has 30 heavy (non-hydrogen) atoms. The highest BCUT2D eigenvalue weighted by Gasteiger charge is 2.31. The van der Waals surface area contributed by atoms with E-state index in [9.17, 15) is 13.2 Å². The summed E-state index contributed by atoms with van der Waals surface area (Å²) in [5.74, 6) is 0.925. The van der Waals surface area contributed by atoms with Gasteiger partial charge in [-0.05, 0) is 38.5 Å². The molecule has 2 aromatic heterocycles. The van der Waals surface area contributed by atoms with Crippen LogP contribution in [-0.2, 0) is 16.4 Å². The number of aryl methyl sites for hydroxylation is 2. The molecule has 4 rings (SSSR count). The van der Waals surface area contributed by atoms with Crippen molar-refractivity contribution in [1.82, 2.24) is 14.8 Å². The van der Waals surface area contributed by atoms with Gasteiger partial charge in [-0.2, -0.15) is 5.10 Å². The van der Waals surface area contributed by atoms with Crippen LogP contribution in [0.25, 0.3) is 0 Å². The second-order valence-electron chi connectivity index (χ2n) is 7.30. The van der Waals surface area contributed by atoms with Gasteiger partial charge in [-0.1, -0.05) is 6.07 Å². The molecule has 0 aliphatic carbocycles. The number of rotatable bonds is 6. The highest BCUT2D eigenvalue weighted by atomic mass is 32.2. The van der Waals surface area contributed by atoms with Crippen molar-refractivity contribution in [2.45, 2.75) is 32.9 Å². The average molecular weight is 447 g/mol. The van der Waals surface area contributed by atoms with Gasteiger partial charge in [0.25, 0.3) is 5.91 Å². The Labute approximate surface area is 178 Å². The van der Waals surface area contributed by atoms with Crippen molar-refractivity contribution in [3.8, 4) is 5.75 Å². The van der Waals surface area contributed by atoms with Crippen molar-refractivity contribution in [2.75, 3.05) is 16.8 Å². The fraction of sp³-hybridized carbons (Fsp3) is 0.350. The summed E-state index contributed by atoms with van der Waals surface area (Å²) in [5.41, 5.74) is 2.00. The molecule has 0 radical (unpaired) electrons. The molecule has 1 amide bonds. The van der Waals surface area contributed by atoms with Crippen LogP contribution in [0.4, 0.5) is 5.82 Å². The summed E-state index contributed by atoms with van der Waals surface area (Å²) in [6.45, 7) is 4.08. The summed E-state index contributed by atoms with van der Waals surface area (Å²) >= 11 is 1.56. The molecule has 158 valence electrons. The van der Waals surface area contributed by atoms with Gasteiger partial charge in [-0.25, -0.2) is 18.1 Å². The Morgan fingerprint density at radius 1 is 1.33 bits per heavy atom. The van der Waals surface area contributed by atoms with Crippen LogP contribution in [0.1, 0.15) is 39.2 Å². The number of nitrogens with zero attached hydrogens (tertiary/aromatic N) is 3. The van der Waals surface area contributed by atoms with Crippen molar-refractivity contribution < 1.29 is 17.9 Å². The predicted octanol–water partition coefficient (Wildman–Crippen LogP) is 3.15. The number of nitrogens with one attached hydrogen (secondary N) is 1. The van der Waals surface area contributed by atoms with Gasteiger partial charge in [0.1, 0.15) is 18.2 Å². The molecule has 1 aliphatic heterocycles. The largest absolute Gasteiger partial charge is 0.487 e. The molecule has 0 spiro atoms. The Kier molecular flexibility index (Phi) is 5.61. The molecule has 8 nitrogen and oxygen atoms in total. The molecular weight excluding hydrogens is 424 g/mol. The Hall–Kier alpha value is -2.72.